The Morgan fingerprint density at radius 1 is 1.53 bits per heavy atom. The van der Waals surface area contributed by atoms with E-state index in [0.29, 0.717) is 11.0 Å². The first-order valence-electron chi connectivity index (χ1n) is 5.92. The molecular formula is C12H22N4S. The summed E-state index contributed by atoms with van der Waals surface area (Å²) in [4.78, 5) is 2.76. The van der Waals surface area contributed by atoms with Crippen LogP contribution in [-0.2, 0) is 6.54 Å². The van der Waals surface area contributed by atoms with Gasteiger partial charge in [0.2, 0.25) is 0 Å². The molecular weight excluding hydrogens is 232 g/mol. The number of hydrogen-bond donors (Lipinski definition) is 1. The van der Waals surface area contributed by atoms with Gasteiger partial charge in [-0.05, 0) is 27.0 Å². The highest BCUT2D eigenvalue weighted by atomic mass is 32.1. The van der Waals surface area contributed by atoms with E-state index in [1.807, 2.05) is 17.8 Å². The SMILES string of the molecule is CC(CN(C)Cc1ccn(C(C)C)n1)C(N)=S. The zero-order valence-electron chi connectivity index (χ0n) is 11.1. The number of nitrogens with zero attached hydrogens (tertiary/aromatic N) is 3. The third-order valence-electron chi connectivity index (χ3n) is 2.70. The molecule has 0 aliphatic heterocycles. The number of thiocarbonyl (C=S) groups is 1. The summed E-state index contributed by atoms with van der Waals surface area (Å²) in [5.74, 6) is 0.238. The van der Waals surface area contributed by atoms with Crippen molar-refractivity contribution in [2.24, 2.45) is 11.7 Å². The second-order valence-corrected chi connectivity index (χ2v) is 5.35. The molecule has 17 heavy (non-hydrogen) atoms. The molecule has 4 nitrogen and oxygen atoms in total. The zero-order valence-corrected chi connectivity index (χ0v) is 11.9. The van der Waals surface area contributed by atoms with Gasteiger partial charge in [0.25, 0.3) is 0 Å². The summed E-state index contributed by atoms with van der Waals surface area (Å²) in [7, 11) is 2.06. The van der Waals surface area contributed by atoms with E-state index in [-0.39, 0.29) is 5.92 Å². The fourth-order valence-corrected chi connectivity index (χ4v) is 1.72. The third kappa shape index (κ3) is 4.44. The van der Waals surface area contributed by atoms with Crippen molar-refractivity contribution in [3.8, 4) is 0 Å². The predicted molar refractivity (Wildman–Crippen MR) is 74.9 cm³/mol. The first-order valence-corrected chi connectivity index (χ1v) is 6.33. The van der Waals surface area contributed by atoms with Crippen LogP contribution in [0.25, 0.3) is 0 Å². The molecule has 0 spiro atoms. The Labute approximate surface area is 109 Å². The van der Waals surface area contributed by atoms with Crippen LogP contribution in [0.2, 0.25) is 0 Å². The lowest BCUT2D eigenvalue weighted by molar-refractivity contribution is 0.302. The van der Waals surface area contributed by atoms with Gasteiger partial charge in [-0.3, -0.25) is 9.58 Å². The molecule has 1 atom stereocenters. The number of nitrogens with two attached hydrogens (primary N) is 1. The lowest BCUT2D eigenvalue weighted by Gasteiger charge is -2.19. The summed E-state index contributed by atoms with van der Waals surface area (Å²) in [6.45, 7) is 7.98. The molecule has 96 valence electrons. The van der Waals surface area contributed by atoms with Crippen LogP contribution in [0.5, 0.6) is 0 Å². The average molecular weight is 254 g/mol. The minimum atomic E-state index is 0.238. The Kier molecular flexibility index (Phi) is 5.08. The van der Waals surface area contributed by atoms with Crippen LogP contribution in [0.4, 0.5) is 0 Å². The summed E-state index contributed by atoms with van der Waals surface area (Å²) < 4.78 is 1.97. The minimum Gasteiger partial charge on any atom is -0.393 e. The number of aromatic nitrogens is 2. The quantitative estimate of drug-likeness (QED) is 0.787. The first-order chi connectivity index (χ1) is 7.90. The third-order valence-corrected chi connectivity index (χ3v) is 3.10. The molecule has 0 bridgehead atoms. The molecule has 0 radical (unpaired) electrons. The van der Waals surface area contributed by atoms with Crippen LogP contribution < -0.4 is 5.73 Å². The maximum Gasteiger partial charge on any atom is 0.0768 e. The van der Waals surface area contributed by atoms with Crippen molar-refractivity contribution in [2.75, 3.05) is 13.6 Å². The van der Waals surface area contributed by atoms with Gasteiger partial charge in [0.15, 0.2) is 0 Å². The Balaban J connectivity index is 2.50. The molecule has 1 aromatic rings. The van der Waals surface area contributed by atoms with E-state index in [2.05, 4.69) is 37.0 Å². The summed E-state index contributed by atoms with van der Waals surface area (Å²) >= 11 is 4.97. The number of hydrogen-bond acceptors (Lipinski definition) is 3. The molecule has 0 saturated carbocycles. The topological polar surface area (TPSA) is 47.1 Å². The smallest absolute Gasteiger partial charge is 0.0768 e. The van der Waals surface area contributed by atoms with E-state index < -0.39 is 0 Å². The summed E-state index contributed by atoms with van der Waals surface area (Å²) in [6.07, 6.45) is 2.02. The van der Waals surface area contributed by atoms with Crippen molar-refractivity contribution in [1.29, 1.82) is 0 Å². The van der Waals surface area contributed by atoms with Gasteiger partial charge in [-0.1, -0.05) is 19.1 Å². The maximum atomic E-state index is 5.61. The lowest BCUT2D eigenvalue weighted by Crippen LogP contribution is -2.31. The van der Waals surface area contributed by atoms with E-state index in [4.69, 9.17) is 18.0 Å². The van der Waals surface area contributed by atoms with Gasteiger partial charge >= 0.3 is 0 Å². The van der Waals surface area contributed by atoms with Gasteiger partial charge in [-0.25, -0.2) is 0 Å². The van der Waals surface area contributed by atoms with E-state index >= 15 is 0 Å². The summed E-state index contributed by atoms with van der Waals surface area (Å²) in [5.41, 5.74) is 6.69. The van der Waals surface area contributed by atoms with E-state index in [1.165, 1.54) is 0 Å². The van der Waals surface area contributed by atoms with Crippen LogP contribution >= 0.6 is 12.2 Å². The summed E-state index contributed by atoms with van der Waals surface area (Å²) in [5, 5.41) is 4.51. The van der Waals surface area contributed by atoms with Gasteiger partial charge in [-0.15, -0.1) is 0 Å². The van der Waals surface area contributed by atoms with Crippen molar-refractivity contribution in [1.82, 2.24) is 14.7 Å². The average Bonchev–Trinajstić information content (AvgIpc) is 2.65. The van der Waals surface area contributed by atoms with Crippen molar-refractivity contribution in [3.05, 3.63) is 18.0 Å². The van der Waals surface area contributed by atoms with Gasteiger partial charge in [0.1, 0.15) is 0 Å². The van der Waals surface area contributed by atoms with E-state index in [1.54, 1.807) is 0 Å². The maximum absolute atomic E-state index is 5.61. The second-order valence-electron chi connectivity index (χ2n) is 4.88. The van der Waals surface area contributed by atoms with Crippen molar-refractivity contribution in [2.45, 2.75) is 33.4 Å². The van der Waals surface area contributed by atoms with Gasteiger partial charge in [0.05, 0.1) is 10.7 Å². The fourth-order valence-electron chi connectivity index (χ4n) is 1.65. The second kappa shape index (κ2) is 6.12. The highest BCUT2D eigenvalue weighted by Crippen LogP contribution is 2.07. The van der Waals surface area contributed by atoms with Crippen molar-refractivity contribution in [3.63, 3.8) is 0 Å². The number of rotatable bonds is 6. The molecule has 0 aromatic carbocycles. The standard InChI is InChI=1S/C12H22N4S/c1-9(2)16-6-5-11(14-16)8-15(4)7-10(3)12(13)17/h5-6,9-10H,7-8H2,1-4H3,(H2,13,17). The molecule has 0 saturated heterocycles. The van der Waals surface area contributed by atoms with Crippen molar-refractivity contribution < 1.29 is 0 Å². The molecule has 1 heterocycles. The van der Waals surface area contributed by atoms with Gasteiger partial charge in [-0.2, -0.15) is 5.10 Å². The zero-order chi connectivity index (χ0) is 13.0. The first kappa shape index (κ1) is 14.1. The highest BCUT2D eigenvalue weighted by molar-refractivity contribution is 7.80. The molecule has 1 rings (SSSR count). The Bertz CT molecular complexity index is 372. The lowest BCUT2D eigenvalue weighted by atomic mass is 10.1. The van der Waals surface area contributed by atoms with Crippen LogP contribution in [0, 0.1) is 5.92 Å². The minimum absolute atomic E-state index is 0.238. The molecule has 1 aromatic heterocycles. The fraction of sp³-hybridized carbons (Fsp3) is 0.667. The molecule has 1 unspecified atom stereocenters. The Morgan fingerprint density at radius 2 is 2.18 bits per heavy atom. The van der Waals surface area contributed by atoms with Gasteiger partial charge in [0, 0.05) is 31.2 Å². The molecule has 0 aliphatic rings. The predicted octanol–water partition coefficient (Wildman–Crippen LogP) is 1.82. The molecule has 0 amide bonds. The van der Waals surface area contributed by atoms with E-state index in [0.717, 1.165) is 18.8 Å². The largest absolute Gasteiger partial charge is 0.393 e. The molecule has 0 fully saturated rings. The van der Waals surface area contributed by atoms with Crippen molar-refractivity contribution >= 4 is 17.2 Å². The highest BCUT2D eigenvalue weighted by Gasteiger charge is 2.10. The molecule has 5 heteroatoms. The monoisotopic (exact) mass is 254 g/mol. The van der Waals surface area contributed by atoms with Crippen LogP contribution in [-0.4, -0.2) is 33.3 Å². The Morgan fingerprint density at radius 3 is 2.65 bits per heavy atom. The van der Waals surface area contributed by atoms with E-state index in [9.17, 15) is 0 Å². The Hall–Kier alpha value is -0.940. The van der Waals surface area contributed by atoms with Crippen LogP contribution in [0.15, 0.2) is 12.3 Å². The summed E-state index contributed by atoms with van der Waals surface area (Å²) in [6, 6.07) is 2.46. The normalized spacial score (nSPS) is 13.3. The van der Waals surface area contributed by atoms with Crippen LogP contribution in [0.3, 0.4) is 0 Å². The molecule has 2 N–H and O–H groups in total. The molecule has 0 aliphatic carbocycles. The van der Waals surface area contributed by atoms with Gasteiger partial charge < -0.3 is 5.73 Å². The van der Waals surface area contributed by atoms with Crippen LogP contribution in [0.1, 0.15) is 32.5 Å².